The summed E-state index contributed by atoms with van der Waals surface area (Å²) < 4.78 is 5.11. The van der Waals surface area contributed by atoms with Gasteiger partial charge in [-0.25, -0.2) is 0 Å². The Kier molecular flexibility index (Phi) is 3.20. The van der Waals surface area contributed by atoms with Crippen LogP contribution in [0.15, 0.2) is 0 Å². The lowest BCUT2D eigenvalue weighted by molar-refractivity contribution is -0.136. The average Bonchev–Trinajstić information content (AvgIpc) is 2.39. The second-order valence-corrected chi connectivity index (χ2v) is 3.44. The first-order valence-electron chi connectivity index (χ1n) is 3.68. The van der Waals surface area contributed by atoms with Gasteiger partial charge in [-0.15, -0.1) is 0 Å². The van der Waals surface area contributed by atoms with Crippen LogP contribution in [0.1, 0.15) is 12.8 Å². The molecule has 0 aromatic carbocycles. The lowest BCUT2D eigenvalue weighted by Crippen LogP contribution is -2.18. The van der Waals surface area contributed by atoms with Crippen molar-refractivity contribution in [3.05, 3.63) is 0 Å². The van der Waals surface area contributed by atoms with E-state index in [2.05, 4.69) is 12.6 Å². The Morgan fingerprint density at radius 1 is 1.82 bits per heavy atom. The number of aliphatic carboxylic acids is 1. The van der Waals surface area contributed by atoms with Gasteiger partial charge in [0.1, 0.15) is 0 Å². The zero-order chi connectivity index (χ0) is 8.27. The molecule has 0 bridgehead atoms. The molecule has 0 radical (unpaired) electrons. The fraction of sp³-hybridized carbons (Fsp3) is 0.857. The highest BCUT2D eigenvalue weighted by atomic mass is 32.1. The van der Waals surface area contributed by atoms with Crippen molar-refractivity contribution in [1.29, 1.82) is 0 Å². The van der Waals surface area contributed by atoms with Gasteiger partial charge in [0, 0.05) is 13.2 Å². The van der Waals surface area contributed by atoms with Crippen LogP contribution in [0.25, 0.3) is 0 Å². The number of hydrogen-bond donors (Lipinski definition) is 2. The van der Waals surface area contributed by atoms with Crippen molar-refractivity contribution >= 4 is 18.6 Å². The van der Waals surface area contributed by atoms with E-state index in [1.807, 2.05) is 0 Å². The van der Waals surface area contributed by atoms with Crippen molar-refractivity contribution in [2.75, 3.05) is 13.2 Å². The summed E-state index contributed by atoms with van der Waals surface area (Å²) >= 11 is 3.94. The highest BCUT2D eigenvalue weighted by molar-refractivity contribution is 7.81. The Morgan fingerprint density at radius 2 is 2.55 bits per heavy atom. The van der Waals surface area contributed by atoms with Crippen LogP contribution >= 0.6 is 12.6 Å². The summed E-state index contributed by atoms with van der Waals surface area (Å²) in [4.78, 5) is 10.4. The van der Waals surface area contributed by atoms with Gasteiger partial charge in [0.05, 0.1) is 5.25 Å². The zero-order valence-corrected chi connectivity index (χ0v) is 7.09. The molecule has 3 nitrogen and oxygen atoms in total. The summed E-state index contributed by atoms with van der Waals surface area (Å²) in [6.07, 6.45) is 1.60. The molecule has 2 atom stereocenters. The second-order valence-electron chi connectivity index (χ2n) is 2.82. The Hall–Kier alpha value is -0.220. The molecule has 0 aromatic heterocycles. The summed E-state index contributed by atoms with van der Waals surface area (Å²) in [6, 6.07) is 0. The zero-order valence-electron chi connectivity index (χ0n) is 6.19. The van der Waals surface area contributed by atoms with E-state index >= 15 is 0 Å². The number of rotatable bonds is 3. The Morgan fingerprint density at radius 3 is 3.00 bits per heavy atom. The van der Waals surface area contributed by atoms with Gasteiger partial charge in [-0.2, -0.15) is 12.6 Å². The fourth-order valence-electron chi connectivity index (χ4n) is 1.19. The molecule has 1 saturated heterocycles. The first-order chi connectivity index (χ1) is 5.20. The molecule has 1 aliphatic rings. The van der Waals surface area contributed by atoms with Crippen LogP contribution in [0.5, 0.6) is 0 Å². The van der Waals surface area contributed by atoms with Gasteiger partial charge in [-0.1, -0.05) is 0 Å². The highest BCUT2D eigenvalue weighted by Gasteiger charge is 2.22. The minimum atomic E-state index is -0.833. The SMILES string of the molecule is O=C(O)C(S)CC1CCOC1. The van der Waals surface area contributed by atoms with Crippen LogP contribution in [0.3, 0.4) is 0 Å². The smallest absolute Gasteiger partial charge is 0.316 e. The van der Waals surface area contributed by atoms with Gasteiger partial charge in [-0.3, -0.25) is 4.79 Å². The molecule has 0 aromatic rings. The molecule has 0 saturated carbocycles. The maximum atomic E-state index is 10.4. The Labute approximate surface area is 71.1 Å². The summed E-state index contributed by atoms with van der Waals surface area (Å²) in [5.74, 6) is -0.436. The molecule has 0 aliphatic carbocycles. The van der Waals surface area contributed by atoms with Crippen molar-refractivity contribution in [2.24, 2.45) is 5.92 Å². The molecule has 2 unspecified atom stereocenters. The van der Waals surface area contributed by atoms with E-state index < -0.39 is 11.2 Å². The van der Waals surface area contributed by atoms with Gasteiger partial charge in [-0.05, 0) is 18.8 Å². The third kappa shape index (κ3) is 2.71. The molecule has 1 fully saturated rings. The number of carboxylic acid groups (broad SMARTS) is 1. The van der Waals surface area contributed by atoms with Crippen LogP contribution in [-0.4, -0.2) is 29.5 Å². The lowest BCUT2D eigenvalue weighted by atomic mass is 10.0. The first kappa shape index (κ1) is 8.87. The Balaban J connectivity index is 2.23. The number of hydrogen-bond acceptors (Lipinski definition) is 3. The van der Waals surface area contributed by atoms with Crippen LogP contribution < -0.4 is 0 Å². The van der Waals surface area contributed by atoms with Crippen molar-refractivity contribution in [1.82, 2.24) is 0 Å². The van der Waals surface area contributed by atoms with Crippen LogP contribution in [-0.2, 0) is 9.53 Å². The van der Waals surface area contributed by atoms with Crippen molar-refractivity contribution in [2.45, 2.75) is 18.1 Å². The van der Waals surface area contributed by atoms with Crippen LogP contribution in [0, 0.1) is 5.92 Å². The number of carbonyl (C=O) groups is 1. The molecular weight excluding hydrogens is 164 g/mol. The quantitative estimate of drug-likeness (QED) is 0.625. The topological polar surface area (TPSA) is 46.5 Å². The van der Waals surface area contributed by atoms with Gasteiger partial charge in [0.2, 0.25) is 0 Å². The predicted molar refractivity (Wildman–Crippen MR) is 44.0 cm³/mol. The highest BCUT2D eigenvalue weighted by Crippen LogP contribution is 2.20. The molecule has 1 aliphatic heterocycles. The maximum absolute atomic E-state index is 10.4. The maximum Gasteiger partial charge on any atom is 0.316 e. The standard InChI is InChI=1S/C7H12O3S/c8-7(9)6(11)3-5-1-2-10-4-5/h5-6,11H,1-4H2,(H,8,9). The van der Waals surface area contributed by atoms with Crippen LogP contribution in [0.2, 0.25) is 0 Å². The van der Waals surface area contributed by atoms with Gasteiger partial charge >= 0.3 is 5.97 Å². The van der Waals surface area contributed by atoms with Crippen LogP contribution in [0.4, 0.5) is 0 Å². The average molecular weight is 176 g/mol. The molecule has 1 N–H and O–H groups in total. The molecule has 1 rings (SSSR count). The van der Waals surface area contributed by atoms with Gasteiger partial charge < -0.3 is 9.84 Å². The largest absolute Gasteiger partial charge is 0.480 e. The van der Waals surface area contributed by atoms with E-state index in [0.29, 0.717) is 18.9 Å². The van der Waals surface area contributed by atoms with Crippen molar-refractivity contribution < 1.29 is 14.6 Å². The fourth-order valence-corrected chi connectivity index (χ4v) is 1.48. The van der Waals surface area contributed by atoms with E-state index in [-0.39, 0.29) is 0 Å². The minimum Gasteiger partial charge on any atom is -0.480 e. The molecule has 1 heterocycles. The summed E-state index contributed by atoms with van der Waals surface area (Å²) in [5.41, 5.74) is 0. The van der Waals surface area contributed by atoms with Gasteiger partial charge in [0.15, 0.2) is 0 Å². The Bertz CT molecular complexity index is 143. The van der Waals surface area contributed by atoms with Gasteiger partial charge in [0.25, 0.3) is 0 Å². The monoisotopic (exact) mass is 176 g/mol. The van der Waals surface area contributed by atoms with E-state index in [1.54, 1.807) is 0 Å². The molecule has 0 amide bonds. The minimum absolute atomic E-state index is 0.397. The normalized spacial score (nSPS) is 26.8. The van der Waals surface area contributed by atoms with Crippen molar-refractivity contribution in [3.8, 4) is 0 Å². The second kappa shape index (κ2) is 3.97. The van der Waals surface area contributed by atoms with E-state index in [1.165, 1.54) is 0 Å². The molecule has 4 heteroatoms. The molecular formula is C7H12O3S. The molecule has 64 valence electrons. The third-order valence-electron chi connectivity index (χ3n) is 1.87. The summed E-state index contributed by atoms with van der Waals surface area (Å²) in [7, 11) is 0. The van der Waals surface area contributed by atoms with Crippen molar-refractivity contribution in [3.63, 3.8) is 0 Å². The third-order valence-corrected chi connectivity index (χ3v) is 2.30. The number of ether oxygens (including phenoxy) is 1. The number of carboxylic acids is 1. The summed E-state index contributed by atoms with van der Waals surface area (Å²) in [6.45, 7) is 1.47. The predicted octanol–water partition coefficient (Wildman–Crippen LogP) is 0.796. The lowest BCUT2D eigenvalue weighted by Gasteiger charge is -2.09. The van der Waals surface area contributed by atoms with E-state index in [9.17, 15) is 4.79 Å². The van der Waals surface area contributed by atoms with E-state index in [0.717, 1.165) is 13.0 Å². The molecule has 11 heavy (non-hydrogen) atoms. The number of thiol groups is 1. The van der Waals surface area contributed by atoms with E-state index in [4.69, 9.17) is 9.84 Å². The summed E-state index contributed by atoms with van der Waals surface area (Å²) in [5, 5.41) is 8.00. The molecule has 0 spiro atoms. The first-order valence-corrected chi connectivity index (χ1v) is 4.20.